The molecule has 6 heteroatoms. The van der Waals surface area contributed by atoms with Gasteiger partial charge in [-0.3, -0.25) is 4.79 Å². The lowest BCUT2D eigenvalue weighted by molar-refractivity contribution is -0.121. The fraction of sp³-hybridized carbons (Fsp3) is 0.133. The lowest BCUT2D eigenvalue weighted by Crippen LogP contribution is -2.38. The SMILES string of the molecule is O=C1COc2cc(I)ccc2N1Cc1ccc(F)cc1Cl. The number of halogens is 3. The van der Waals surface area contributed by atoms with Gasteiger partial charge in [0.15, 0.2) is 6.61 Å². The Bertz CT molecular complexity index is 723. The number of nitrogens with zero attached hydrogens (tertiary/aromatic N) is 1. The van der Waals surface area contributed by atoms with Crippen molar-refractivity contribution in [2.75, 3.05) is 11.5 Å². The minimum absolute atomic E-state index is 0.00803. The monoisotopic (exact) mass is 417 g/mol. The van der Waals surface area contributed by atoms with E-state index in [1.165, 1.54) is 12.1 Å². The van der Waals surface area contributed by atoms with Crippen LogP contribution in [0, 0.1) is 9.39 Å². The minimum atomic E-state index is -0.396. The van der Waals surface area contributed by atoms with Gasteiger partial charge in [-0.05, 0) is 58.5 Å². The van der Waals surface area contributed by atoms with E-state index in [4.69, 9.17) is 16.3 Å². The molecule has 0 bridgehead atoms. The van der Waals surface area contributed by atoms with Crippen molar-refractivity contribution in [1.82, 2.24) is 0 Å². The maximum atomic E-state index is 13.1. The number of ether oxygens (including phenoxy) is 1. The average Bonchev–Trinajstić information content (AvgIpc) is 2.44. The van der Waals surface area contributed by atoms with Crippen LogP contribution < -0.4 is 9.64 Å². The molecule has 0 aliphatic carbocycles. The quantitative estimate of drug-likeness (QED) is 0.691. The highest BCUT2D eigenvalue weighted by Gasteiger charge is 2.26. The first-order chi connectivity index (χ1) is 10.0. The number of amides is 1. The Kier molecular flexibility index (Phi) is 4.03. The maximum Gasteiger partial charge on any atom is 0.265 e. The van der Waals surface area contributed by atoms with Crippen LogP contribution in [-0.4, -0.2) is 12.5 Å². The summed E-state index contributed by atoms with van der Waals surface area (Å²) in [7, 11) is 0. The summed E-state index contributed by atoms with van der Waals surface area (Å²) in [6.45, 7) is 0.279. The number of carbonyl (C=O) groups is 1. The Morgan fingerprint density at radius 3 is 2.86 bits per heavy atom. The lowest BCUT2D eigenvalue weighted by atomic mass is 10.1. The molecule has 0 saturated carbocycles. The zero-order valence-electron chi connectivity index (χ0n) is 10.8. The van der Waals surface area contributed by atoms with E-state index >= 15 is 0 Å². The summed E-state index contributed by atoms with van der Waals surface area (Å²) in [5.74, 6) is 0.121. The van der Waals surface area contributed by atoms with E-state index < -0.39 is 5.82 Å². The van der Waals surface area contributed by atoms with Gasteiger partial charge in [-0.25, -0.2) is 4.39 Å². The molecule has 0 spiro atoms. The smallest absolute Gasteiger partial charge is 0.265 e. The van der Waals surface area contributed by atoms with E-state index in [0.29, 0.717) is 22.0 Å². The third-order valence-corrected chi connectivity index (χ3v) is 4.23. The van der Waals surface area contributed by atoms with Gasteiger partial charge in [0.25, 0.3) is 5.91 Å². The minimum Gasteiger partial charge on any atom is -0.482 e. The fourth-order valence-electron chi connectivity index (χ4n) is 2.17. The van der Waals surface area contributed by atoms with E-state index in [0.717, 1.165) is 3.57 Å². The van der Waals surface area contributed by atoms with Crippen LogP contribution >= 0.6 is 34.2 Å². The summed E-state index contributed by atoms with van der Waals surface area (Å²) >= 11 is 8.22. The van der Waals surface area contributed by atoms with Gasteiger partial charge in [0.05, 0.1) is 12.2 Å². The lowest BCUT2D eigenvalue weighted by Gasteiger charge is -2.29. The highest BCUT2D eigenvalue weighted by Crippen LogP contribution is 2.35. The Morgan fingerprint density at radius 1 is 1.29 bits per heavy atom. The zero-order valence-corrected chi connectivity index (χ0v) is 13.7. The number of rotatable bonds is 2. The molecule has 2 aromatic rings. The van der Waals surface area contributed by atoms with Crippen LogP contribution in [0.1, 0.15) is 5.56 Å². The molecule has 2 aromatic carbocycles. The zero-order chi connectivity index (χ0) is 15.0. The second kappa shape index (κ2) is 5.81. The molecule has 0 unspecified atom stereocenters. The molecule has 1 aliphatic heterocycles. The molecule has 1 amide bonds. The molecule has 0 fully saturated rings. The Morgan fingerprint density at radius 2 is 2.10 bits per heavy atom. The third kappa shape index (κ3) is 2.98. The van der Waals surface area contributed by atoms with Crippen molar-refractivity contribution in [3.05, 3.63) is 56.4 Å². The van der Waals surface area contributed by atoms with Crippen LogP contribution in [0.2, 0.25) is 5.02 Å². The third-order valence-electron chi connectivity index (χ3n) is 3.21. The molecule has 0 saturated heterocycles. The van der Waals surface area contributed by atoms with E-state index in [-0.39, 0.29) is 19.1 Å². The van der Waals surface area contributed by atoms with Crippen LogP contribution in [0.25, 0.3) is 0 Å². The van der Waals surface area contributed by atoms with Gasteiger partial charge in [-0.1, -0.05) is 17.7 Å². The van der Waals surface area contributed by atoms with Gasteiger partial charge in [-0.15, -0.1) is 0 Å². The molecule has 21 heavy (non-hydrogen) atoms. The van der Waals surface area contributed by atoms with Gasteiger partial charge in [0.1, 0.15) is 11.6 Å². The molecule has 0 aromatic heterocycles. The summed E-state index contributed by atoms with van der Waals surface area (Å²) < 4.78 is 19.6. The van der Waals surface area contributed by atoms with Gasteiger partial charge in [0.2, 0.25) is 0 Å². The average molecular weight is 418 g/mol. The van der Waals surface area contributed by atoms with Crippen molar-refractivity contribution in [2.45, 2.75) is 6.54 Å². The Labute approximate surface area is 139 Å². The summed E-state index contributed by atoms with van der Waals surface area (Å²) in [5.41, 5.74) is 1.39. The second-order valence-corrected chi connectivity index (χ2v) is 6.27. The van der Waals surface area contributed by atoms with Crippen molar-refractivity contribution in [3.8, 4) is 5.75 Å². The number of benzene rings is 2. The van der Waals surface area contributed by atoms with Gasteiger partial charge >= 0.3 is 0 Å². The molecule has 0 N–H and O–H groups in total. The van der Waals surface area contributed by atoms with Gasteiger partial charge in [-0.2, -0.15) is 0 Å². The molecule has 3 nitrogen and oxygen atoms in total. The summed E-state index contributed by atoms with van der Waals surface area (Å²) in [6.07, 6.45) is 0. The number of hydrogen-bond donors (Lipinski definition) is 0. The highest BCUT2D eigenvalue weighted by molar-refractivity contribution is 14.1. The molecular weight excluding hydrogens is 408 g/mol. The van der Waals surface area contributed by atoms with E-state index in [9.17, 15) is 9.18 Å². The van der Waals surface area contributed by atoms with Crippen LogP contribution in [0.15, 0.2) is 36.4 Å². The Balaban J connectivity index is 1.96. The van der Waals surface area contributed by atoms with Crippen LogP contribution in [0.5, 0.6) is 5.75 Å². The molecule has 0 atom stereocenters. The molecular formula is C15H10ClFINO2. The molecule has 3 rings (SSSR count). The maximum absolute atomic E-state index is 13.1. The molecule has 1 aliphatic rings. The summed E-state index contributed by atoms with van der Waals surface area (Å²) in [4.78, 5) is 13.7. The van der Waals surface area contributed by atoms with Crippen LogP contribution in [-0.2, 0) is 11.3 Å². The van der Waals surface area contributed by atoms with Crippen molar-refractivity contribution in [1.29, 1.82) is 0 Å². The van der Waals surface area contributed by atoms with E-state index in [1.807, 2.05) is 18.2 Å². The normalized spacial score (nSPS) is 13.9. The summed E-state index contributed by atoms with van der Waals surface area (Å²) in [6, 6.07) is 9.79. The van der Waals surface area contributed by atoms with Gasteiger partial charge in [0, 0.05) is 8.59 Å². The largest absolute Gasteiger partial charge is 0.482 e. The van der Waals surface area contributed by atoms with Crippen LogP contribution in [0.4, 0.5) is 10.1 Å². The predicted molar refractivity (Wildman–Crippen MR) is 87.3 cm³/mol. The van der Waals surface area contributed by atoms with Crippen molar-refractivity contribution < 1.29 is 13.9 Å². The second-order valence-electron chi connectivity index (χ2n) is 4.62. The summed E-state index contributed by atoms with van der Waals surface area (Å²) in [5, 5.41) is 0.307. The number of carbonyl (C=O) groups excluding carboxylic acids is 1. The van der Waals surface area contributed by atoms with E-state index in [1.54, 1.807) is 11.0 Å². The standard InChI is InChI=1S/C15H10ClFINO2/c16-12-5-10(17)2-1-9(12)7-19-13-4-3-11(18)6-14(13)21-8-15(19)20/h1-6H,7-8H2. The molecule has 1 heterocycles. The van der Waals surface area contributed by atoms with Crippen molar-refractivity contribution in [2.24, 2.45) is 0 Å². The predicted octanol–water partition coefficient (Wildman–Crippen LogP) is 4.01. The van der Waals surface area contributed by atoms with Gasteiger partial charge < -0.3 is 9.64 Å². The number of hydrogen-bond acceptors (Lipinski definition) is 2. The van der Waals surface area contributed by atoms with Crippen molar-refractivity contribution >= 4 is 45.8 Å². The number of anilines is 1. The molecule has 108 valence electrons. The van der Waals surface area contributed by atoms with Crippen LogP contribution in [0.3, 0.4) is 0 Å². The molecule has 0 radical (unpaired) electrons. The fourth-order valence-corrected chi connectivity index (χ4v) is 2.86. The highest BCUT2D eigenvalue weighted by atomic mass is 127. The topological polar surface area (TPSA) is 29.5 Å². The first kappa shape index (κ1) is 14.6. The Hall–Kier alpha value is -1.34. The van der Waals surface area contributed by atoms with Crippen molar-refractivity contribution in [3.63, 3.8) is 0 Å². The first-order valence-corrected chi connectivity index (χ1v) is 7.67. The number of fused-ring (bicyclic) bond motifs is 1. The van der Waals surface area contributed by atoms with E-state index in [2.05, 4.69) is 22.6 Å². The first-order valence-electron chi connectivity index (χ1n) is 6.21.